The molecule has 8 heteroatoms. The molecule has 0 N–H and O–H groups in total. The molecule has 5 unspecified atom stereocenters. The zero-order chi connectivity index (χ0) is 22.8. The van der Waals surface area contributed by atoms with Crippen LogP contribution in [0.1, 0.15) is 60.3 Å². The Hall–Kier alpha value is -2.09. The molecule has 0 aromatic carbocycles. The van der Waals surface area contributed by atoms with E-state index in [1.165, 1.54) is 13.2 Å². The summed E-state index contributed by atoms with van der Waals surface area (Å²) in [5.74, 6) is -0.879. The number of carbonyl (C=O) groups is 3. The molecule has 1 aliphatic carbocycles. The summed E-state index contributed by atoms with van der Waals surface area (Å²) in [7, 11) is 0. The number of esters is 3. The molecule has 3 aliphatic rings. The maximum Gasteiger partial charge on any atom is 0.308 e. The summed E-state index contributed by atoms with van der Waals surface area (Å²) in [5, 5.41) is 0. The molecule has 1 saturated carbocycles. The van der Waals surface area contributed by atoms with E-state index in [1.807, 2.05) is 27.7 Å². The van der Waals surface area contributed by atoms with Crippen LogP contribution in [0.5, 0.6) is 0 Å². The third-order valence-electron chi connectivity index (χ3n) is 6.07. The summed E-state index contributed by atoms with van der Waals surface area (Å²) in [6.45, 7) is 9.84. The summed E-state index contributed by atoms with van der Waals surface area (Å²) in [6, 6.07) is 0. The first-order valence-corrected chi connectivity index (χ1v) is 11.1. The summed E-state index contributed by atoms with van der Waals surface area (Å²) in [4.78, 5) is 36.0. The van der Waals surface area contributed by atoms with E-state index in [9.17, 15) is 14.4 Å². The van der Waals surface area contributed by atoms with Crippen molar-refractivity contribution in [1.82, 2.24) is 0 Å². The van der Waals surface area contributed by atoms with Gasteiger partial charge < -0.3 is 23.7 Å². The van der Waals surface area contributed by atoms with E-state index >= 15 is 0 Å². The van der Waals surface area contributed by atoms with Gasteiger partial charge >= 0.3 is 17.9 Å². The van der Waals surface area contributed by atoms with E-state index in [0.29, 0.717) is 31.8 Å². The van der Waals surface area contributed by atoms with Crippen molar-refractivity contribution in [3.8, 4) is 0 Å². The van der Waals surface area contributed by atoms with Crippen LogP contribution in [-0.2, 0) is 38.1 Å². The minimum atomic E-state index is -0.831. The molecule has 0 amide bonds. The highest BCUT2D eigenvalue weighted by atomic mass is 16.7. The van der Waals surface area contributed by atoms with E-state index in [1.54, 1.807) is 0 Å². The van der Waals surface area contributed by atoms with Gasteiger partial charge in [-0.3, -0.25) is 14.4 Å². The zero-order valence-corrected chi connectivity index (χ0v) is 19.1. The van der Waals surface area contributed by atoms with E-state index in [0.717, 1.165) is 12.0 Å². The number of hydrogen-bond acceptors (Lipinski definition) is 8. The van der Waals surface area contributed by atoms with Gasteiger partial charge in [0.05, 0.1) is 18.8 Å². The molecule has 174 valence electrons. The smallest absolute Gasteiger partial charge is 0.308 e. The van der Waals surface area contributed by atoms with Crippen LogP contribution in [0.4, 0.5) is 0 Å². The predicted octanol–water partition coefficient (Wildman–Crippen LogP) is 3.13. The largest absolute Gasteiger partial charge is 0.462 e. The van der Waals surface area contributed by atoms with Crippen molar-refractivity contribution in [3.05, 3.63) is 11.8 Å². The van der Waals surface area contributed by atoms with Gasteiger partial charge in [-0.1, -0.05) is 27.7 Å². The molecule has 3 rings (SSSR count). The van der Waals surface area contributed by atoms with E-state index < -0.39 is 18.0 Å². The monoisotopic (exact) mass is 438 g/mol. The Bertz CT molecular complexity index is 721. The highest BCUT2D eigenvalue weighted by molar-refractivity contribution is 5.70. The quantitative estimate of drug-likeness (QED) is 0.307. The molecule has 2 aliphatic heterocycles. The molecule has 2 fully saturated rings. The molecule has 2 heterocycles. The third kappa shape index (κ3) is 5.59. The molecule has 1 spiro atoms. The van der Waals surface area contributed by atoms with Crippen LogP contribution >= 0.6 is 0 Å². The number of epoxide rings is 1. The SMILES string of the molecule is CC(=O)OC1CC2C(COC(=O)CC(C)C)=COC(OC(=O)CCC(C)C)C2C12CO2. The summed E-state index contributed by atoms with van der Waals surface area (Å²) in [6.07, 6.45) is 2.10. The van der Waals surface area contributed by atoms with Crippen molar-refractivity contribution in [2.45, 2.75) is 78.3 Å². The van der Waals surface area contributed by atoms with Crippen molar-refractivity contribution in [3.63, 3.8) is 0 Å². The van der Waals surface area contributed by atoms with Gasteiger partial charge in [0, 0.05) is 31.3 Å². The van der Waals surface area contributed by atoms with Crippen LogP contribution in [0.3, 0.4) is 0 Å². The fourth-order valence-corrected chi connectivity index (χ4v) is 4.46. The summed E-state index contributed by atoms with van der Waals surface area (Å²) < 4.78 is 28.3. The first kappa shape index (κ1) is 23.6. The number of ether oxygens (including phenoxy) is 5. The Morgan fingerprint density at radius 2 is 1.84 bits per heavy atom. The van der Waals surface area contributed by atoms with Crippen LogP contribution in [0.25, 0.3) is 0 Å². The first-order valence-electron chi connectivity index (χ1n) is 11.1. The molecule has 0 radical (unpaired) electrons. The zero-order valence-electron chi connectivity index (χ0n) is 19.1. The third-order valence-corrected chi connectivity index (χ3v) is 6.07. The van der Waals surface area contributed by atoms with Crippen molar-refractivity contribution in [2.75, 3.05) is 13.2 Å². The number of fused-ring (bicyclic) bond motifs is 2. The fourth-order valence-electron chi connectivity index (χ4n) is 4.46. The second kappa shape index (κ2) is 9.59. The number of rotatable bonds is 9. The molecule has 8 nitrogen and oxygen atoms in total. The van der Waals surface area contributed by atoms with Gasteiger partial charge in [0.2, 0.25) is 6.29 Å². The summed E-state index contributed by atoms with van der Waals surface area (Å²) >= 11 is 0. The first-order chi connectivity index (χ1) is 14.6. The Labute approximate surface area is 183 Å². The highest BCUT2D eigenvalue weighted by Crippen LogP contribution is 2.57. The van der Waals surface area contributed by atoms with Crippen molar-refractivity contribution >= 4 is 17.9 Å². The second-order valence-electron chi connectivity index (χ2n) is 9.59. The topological polar surface area (TPSA) is 101 Å². The second-order valence-corrected chi connectivity index (χ2v) is 9.59. The van der Waals surface area contributed by atoms with Gasteiger partial charge in [-0.15, -0.1) is 0 Å². The number of hydrogen-bond donors (Lipinski definition) is 0. The molecule has 0 bridgehead atoms. The predicted molar refractivity (Wildman–Crippen MR) is 109 cm³/mol. The fraction of sp³-hybridized carbons (Fsp3) is 0.783. The van der Waals surface area contributed by atoms with E-state index in [2.05, 4.69) is 0 Å². The van der Waals surface area contributed by atoms with Crippen LogP contribution in [-0.4, -0.2) is 49.1 Å². The maximum absolute atomic E-state index is 12.4. The van der Waals surface area contributed by atoms with Gasteiger partial charge in [0.25, 0.3) is 0 Å². The average molecular weight is 439 g/mol. The molecule has 0 aromatic rings. The lowest BCUT2D eigenvalue weighted by molar-refractivity contribution is -0.192. The standard InChI is InChI=1S/C23H34O8/c1-13(2)6-7-19(25)31-22-21-17(9-18(30-15(5)24)23(21)12-29-23)16(11-28-22)10-27-20(26)8-14(3)4/h11,13-14,17-18,21-22H,6-10,12H2,1-5H3. The lowest BCUT2D eigenvalue weighted by Crippen LogP contribution is -2.45. The van der Waals surface area contributed by atoms with E-state index in [4.69, 9.17) is 23.7 Å². The Morgan fingerprint density at radius 3 is 2.42 bits per heavy atom. The highest BCUT2D eigenvalue weighted by Gasteiger charge is 2.70. The van der Waals surface area contributed by atoms with Crippen LogP contribution in [0.2, 0.25) is 0 Å². The van der Waals surface area contributed by atoms with Crippen LogP contribution in [0, 0.1) is 23.7 Å². The normalized spacial score (nSPS) is 31.1. The Kier molecular flexibility index (Phi) is 7.29. The summed E-state index contributed by atoms with van der Waals surface area (Å²) in [5.41, 5.74) is 0.0435. The molecule has 1 saturated heterocycles. The van der Waals surface area contributed by atoms with E-state index in [-0.39, 0.29) is 42.3 Å². The van der Waals surface area contributed by atoms with Gasteiger partial charge in [-0.05, 0) is 24.7 Å². The van der Waals surface area contributed by atoms with Crippen LogP contribution < -0.4 is 0 Å². The van der Waals surface area contributed by atoms with Crippen LogP contribution in [0.15, 0.2) is 11.8 Å². The van der Waals surface area contributed by atoms with Gasteiger partial charge in [0.1, 0.15) is 18.3 Å². The molecule has 5 atom stereocenters. The van der Waals surface area contributed by atoms with Gasteiger partial charge in [-0.25, -0.2) is 0 Å². The lowest BCUT2D eigenvalue weighted by atomic mass is 9.83. The molecular weight excluding hydrogens is 404 g/mol. The van der Waals surface area contributed by atoms with Crippen molar-refractivity contribution in [1.29, 1.82) is 0 Å². The Morgan fingerprint density at radius 1 is 1.13 bits per heavy atom. The molecular formula is C23H34O8. The molecule has 0 aromatic heterocycles. The minimum Gasteiger partial charge on any atom is -0.462 e. The molecule has 31 heavy (non-hydrogen) atoms. The van der Waals surface area contributed by atoms with Gasteiger partial charge in [-0.2, -0.15) is 0 Å². The number of carbonyl (C=O) groups excluding carboxylic acids is 3. The average Bonchev–Trinajstić information content (AvgIpc) is 3.39. The maximum atomic E-state index is 12.4. The van der Waals surface area contributed by atoms with Crippen molar-refractivity contribution in [2.24, 2.45) is 23.7 Å². The van der Waals surface area contributed by atoms with Crippen molar-refractivity contribution < 1.29 is 38.1 Å². The lowest BCUT2D eigenvalue weighted by Gasteiger charge is -2.35. The van der Waals surface area contributed by atoms with Gasteiger partial charge in [0.15, 0.2) is 0 Å². The minimum absolute atomic E-state index is 0.0869. The Balaban J connectivity index is 1.74.